The second-order valence-electron chi connectivity index (χ2n) is 24.5. The molecule has 8 rings (SSSR count). The molecule has 4 nitrogen and oxygen atoms in total. The first-order chi connectivity index (χ1) is 33.4. The summed E-state index contributed by atoms with van der Waals surface area (Å²) in [5, 5.41) is 13.0. The number of rotatable bonds is 9. The van der Waals surface area contributed by atoms with E-state index in [4.69, 9.17) is 9.97 Å². The van der Waals surface area contributed by atoms with Gasteiger partial charge < -0.3 is 5.11 Å². The number of pyridine rings is 1. The lowest BCUT2D eigenvalue weighted by atomic mass is 9.79. The molecule has 8 aromatic rings. The molecular weight excluding hydrogens is 912 g/mol. The predicted octanol–water partition coefficient (Wildman–Crippen LogP) is 18.2. The molecule has 0 amide bonds. The summed E-state index contributed by atoms with van der Waals surface area (Å²) in [6.45, 7) is 34.0. The first-order valence-electron chi connectivity index (χ1n) is 25.4. The molecule has 0 bridgehead atoms. The Bertz CT molecular complexity index is 3310. The molecule has 374 valence electrons. The normalized spacial score (nSPS) is 13.0. The topological polar surface area (TPSA) is 50.9 Å². The van der Waals surface area contributed by atoms with E-state index in [0.717, 1.165) is 50.2 Å². The standard InChI is InChI=1S/C64H72F3N3OSi/c1-38(2)46-24-20-25-47(39(3)4)57(46)41-28-29-68-53(33-41)43-30-42(31-44(32-43)61(5,6)7)48-26-21-27-54-58(48)69-60(50-34-45(62(8,9)10)35-52(59(50)71)63(11,12)13)70(54)55-37-51(64(65,66)67)56(72(14,15)16)36-49(55)40-22-18-17-19-23-40/h17-39,71H,1-16H3. The highest BCUT2D eigenvalue weighted by Gasteiger charge is 2.39. The molecule has 1 N–H and O–H groups in total. The van der Waals surface area contributed by atoms with Gasteiger partial charge in [0.1, 0.15) is 11.6 Å². The molecule has 0 saturated heterocycles. The number of halogens is 3. The van der Waals surface area contributed by atoms with Gasteiger partial charge in [-0.3, -0.25) is 9.55 Å². The highest BCUT2D eigenvalue weighted by atomic mass is 28.3. The van der Waals surface area contributed by atoms with E-state index in [0.29, 0.717) is 50.7 Å². The van der Waals surface area contributed by atoms with Gasteiger partial charge in [0.25, 0.3) is 0 Å². The maximum absolute atomic E-state index is 15.7. The minimum Gasteiger partial charge on any atom is -0.507 e. The number of imidazole rings is 1. The Morgan fingerprint density at radius 3 is 1.71 bits per heavy atom. The van der Waals surface area contributed by atoms with Crippen molar-refractivity contribution in [2.24, 2.45) is 0 Å². The summed E-state index contributed by atoms with van der Waals surface area (Å²) in [5.41, 5.74) is 12.9. The summed E-state index contributed by atoms with van der Waals surface area (Å²) < 4.78 is 48.9. The van der Waals surface area contributed by atoms with E-state index in [-0.39, 0.29) is 16.6 Å². The van der Waals surface area contributed by atoms with Crippen LogP contribution >= 0.6 is 0 Å². The van der Waals surface area contributed by atoms with E-state index in [9.17, 15) is 5.11 Å². The minimum atomic E-state index is -4.64. The zero-order valence-electron chi connectivity index (χ0n) is 45.2. The number of aromatic hydroxyl groups is 1. The van der Waals surface area contributed by atoms with Crippen LogP contribution in [-0.4, -0.2) is 27.7 Å². The van der Waals surface area contributed by atoms with E-state index in [1.54, 1.807) is 6.07 Å². The Kier molecular flexibility index (Phi) is 13.5. The van der Waals surface area contributed by atoms with E-state index < -0.39 is 25.2 Å². The van der Waals surface area contributed by atoms with Crippen molar-refractivity contribution in [3.8, 4) is 67.5 Å². The van der Waals surface area contributed by atoms with Crippen molar-refractivity contribution in [1.29, 1.82) is 0 Å². The molecule has 0 unspecified atom stereocenters. The first kappa shape index (κ1) is 52.1. The van der Waals surface area contributed by atoms with Crippen molar-refractivity contribution in [3.63, 3.8) is 0 Å². The Hall–Kier alpha value is -6.25. The lowest BCUT2D eigenvalue weighted by Gasteiger charge is -2.28. The van der Waals surface area contributed by atoms with Crippen LogP contribution in [0.2, 0.25) is 19.6 Å². The van der Waals surface area contributed by atoms with Gasteiger partial charge in [-0.05, 0) is 120 Å². The van der Waals surface area contributed by atoms with Gasteiger partial charge in [0.15, 0.2) is 0 Å². The maximum atomic E-state index is 15.7. The van der Waals surface area contributed by atoms with Crippen LogP contribution in [0.15, 0.2) is 128 Å². The van der Waals surface area contributed by atoms with Gasteiger partial charge in [0, 0.05) is 28.5 Å². The fourth-order valence-electron chi connectivity index (χ4n) is 10.0. The van der Waals surface area contributed by atoms with Gasteiger partial charge in [-0.1, -0.05) is 189 Å². The molecule has 6 aromatic carbocycles. The third kappa shape index (κ3) is 10.1. The molecular formula is C64H72F3N3OSi. The predicted molar refractivity (Wildman–Crippen MR) is 300 cm³/mol. The summed E-state index contributed by atoms with van der Waals surface area (Å²) in [5.74, 6) is 1.03. The number of aromatic nitrogens is 3. The summed E-state index contributed by atoms with van der Waals surface area (Å²) in [4.78, 5) is 10.6. The number of para-hydroxylation sites is 1. The second-order valence-corrected chi connectivity index (χ2v) is 29.5. The molecule has 2 aromatic heterocycles. The van der Waals surface area contributed by atoms with Gasteiger partial charge in [0.2, 0.25) is 0 Å². The molecule has 0 saturated carbocycles. The van der Waals surface area contributed by atoms with E-state index in [1.165, 1.54) is 22.8 Å². The molecule has 0 aliphatic rings. The van der Waals surface area contributed by atoms with Crippen molar-refractivity contribution in [2.45, 2.75) is 144 Å². The molecule has 0 aliphatic carbocycles. The fourth-order valence-corrected chi connectivity index (χ4v) is 11.6. The number of phenolic OH excluding ortho intramolecular Hbond substituents is 1. The maximum Gasteiger partial charge on any atom is 0.416 e. The highest BCUT2D eigenvalue weighted by molar-refractivity contribution is 6.89. The summed E-state index contributed by atoms with van der Waals surface area (Å²) >= 11 is 0. The van der Waals surface area contributed by atoms with Gasteiger partial charge in [-0.25, -0.2) is 4.98 Å². The van der Waals surface area contributed by atoms with Crippen molar-refractivity contribution in [1.82, 2.24) is 14.5 Å². The average molecular weight is 984 g/mol. The fraction of sp³-hybridized carbons (Fsp3) is 0.344. The van der Waals surface area contributed by atoms with Gasteiger partial charge in [-0.15, -0.1) is 0 Å². The Morgan fingerprint density at radius 2 is 1.14 bits per heavy atom. The average Bonchev–Trinajstić information content (AvgIpc) is 3.69. The number of fused-ring (bicyclic) bond motifs is 1. The van der Waals surface area contributed by atoms with E-state index in [1.807, 2.05) is 85.0 Å². The molecule has 0 atom stereocenters. The van der Waals surface area contributed by atoms with Crippen LogP contribution in [0, 0.1) is 0 Å². The van der Waals surface area contributed by atoms with Gasteiger partial charge in [-0.2, -0.15) is 13.2 Å². The number of hydrogen-bond donors (Lipinski definition) is 1. The van der Waals surface area contributed by atoms with Crippen molar-refractivity contribution in [2.75, 3.05) is 0 Å². The van der Waals surface area contributed by atoms with Crippen molar-refractivity contribution >= 4 is 24.3 Å². The van der Waals surface area contributed by atoms with Crippen LogP contribution in [0.4, 0.5) is 13.2 Å². The lowest BCUT2D eigenvalue weighted by Crippen LogP contribution is -2.42. The van der Waals surface area contributed by atoms with Crippen LogP contribution < -0.4 is 5.19 Å². The van der Waals surface area contributed by atoms with Crippen LogP contribution in [0.1, 0.15) is 135 Å². The van der Waals surface area contributed by atoms with Crippen LogP contribution in [0.5, 0.6) is 5.75 Å². The van der Waals surface area contributed by atoms with Gasteiger partial charge >= 0.3 is 6.18 Å². The molecule has 0 radical (unpaired) electrons. The largest absolute Gasteiger partial charge is 0.507 e. The minimum absolute atomic E-state index is 0.0484. The summed E-state index contributed by atoms with van der Waals surface area (Å²) in [7, 11) is -2.59. The van der Waals surface area contributed by atoms with Crippen LogP contribution in [-0.2, 0) is 22.4 Å². The quantitative estimate of drug-likeness (QED) is 0.147. The first-order valence-corrected chi connectivity index (χ1v) is 28.9. The molecule has 8 heteroatoms. The van der Waals surface area contributed by atoms with E-state index in [2.05, 4.69) is 145 Å². The monoisotopic (exact) mass is 984 g/mol. The van der Waals surface area contributed by atoms with E-state index >= 15 is 13.2 Å². The molecule has 0 fully saturated rings. The highest BCUT2D eigenvalue weighted by Crippen LogP contribution is 2.47. The summed E-state index contributed by atoms with van der Waals surface area (Å²) in [6.07, 6.45) is -2.74. The van der Waals surface area contributed by atoms with Crippen molar-refractivity contribution in [3.05, 3.63) is 161 Å². The van der Waals surface area contributed by atoms with Crippen LogP contribution in [0.3, 0.4) is 0 Å². The summed E-state index contributed by atoms with van der Waals surface area (Å²) in [6, 6.07) is 40.3. The van der Waals surface area contributed by atoms with Crippen LogP contribution in [0.25, 0.3) is 72.7 Å². The Labute approximate surface area is 427 Å². The van der Waals surface area contributed by atoms with Crippen molar-refractivity contribution < 1.29 is 18.3 Å². The number of nitrogens with zero attached hydrogens (tertiary/aromatic N) is 3. The zero-order chi connectivity index (χ0) is 52.6. The zero-order valence-corrected chi connectivity index (χ0v) is 46.2. The number of hydrogen-bond acceptors (Lipinski definition) is 3. The Balaban J connectivity index is 1.50. The Morgan fingerprint density at radius 1 is 0.542 bits per heavy atom. The number of phenols is 1. The molecule has 0 aliphatic heterocycles. The molecule has 72 heavy (non-hydrogen) atoms. The SMILES string of the molecule is CC(C)c1cccc(C(C)C)c1-c1ccnc(-c2cc(-c3cccc4c3nc(-c3cc(C(C)(C)C)cc(C(C)(C)C)c3O)n4-c3cc(C(F)(F)F)c([Si](C)(C)C)cc3-c3ccccc3)cc(C(C)(C)C)c2)c1. The number of benzene rings is 6. The lowest BCUT2D eigenvalue weighted by molar-refractivity contribution is -0.136. The number of alkyl halides is 3. The smallest absolute Gasteiger partial charge is 0.416 e. The third-order valence-corrected chi connectivity index (χ3v) is 16.1. The third-order valence-electron chi connectivity index (χ3n) is 14.1. The molecule has 2 heterocycles. The second kappa shape index (κ2) is 18.7. The molecule has 0 spiro atoms. The van der Waals surface area contributed by atoms with Gasteiger partial charge in [0.05, 0.1) is 41.6 Å².